The highest BCUT2D eigenvalue weighted by Crippen LogP contribution is 2.03. The van der Waals surface area contributed by atoms with Gasteiger partial charge < -0.3 is 3.07 Å². The Hall–Kier alpha value is 0.320. The molecular weight excluding hydrogens is 237 g/mol. The first-order chi connectivity index (χ1) is 3.93. The minimum atomic E-state index is 0.615. The molecule has 1 aromatic heterocycles. The molecule has 0 atom stereocenters. The third-order valence-corrected chi connectivity index (χ3v) is 1.63. The maximum Gasteiger partial charge on any atom is 0.110 e. The molecule has 0 aromatic carbocycles. The number of halogens is 1. The van der Waals surface area contributed by atoms with Gasteiger partial charge in [0.05, 0.1) is 11.2 Å². The molecular formula is C4H4INOS. The molecule has 0 aliphatic heterocycles. The summed E-state index contributed by atoms with van der Waals surface area (Å²) < 4.78 is 4.80. The summed E-state index contributed by atoms with van der Waals surface area (Å²) in [6.07, 6.45) is 0. The van der Waals surface area contributed by atoms with Crippen LogP contribution in [-0.4, -0.2) is 4.98 Å². The molecule has 4 heteroatoms. The fourth-order valence-corrected chi connectivity index (χ4v) is 1.23. The SMILES string of the molecule is IOCc1cscn1. The summed E-state index contributed by atoms with van der Waals surface area (Å²) in [6, 6.07) is 0. The maximum absolute atomic E-state index is 4.80. The summed E-state index contributed by atoms with van der Waals surface area (Å²) in [7, 11) is 0. The van der Waals surface area contributed by atoms with Crippen LogP contribution in [0.4, 0.5) is 0 Å². The van der Waals surface area contributed by atoms with Crippen molar-refractivity contribution in [2.75, 3.05) is 0 Å². The molecule has 0 fully saturated rings. The lowest BCUT2D eigenvalue weighted by Gasteiger charge is -1.85. The number of hydrogen-bond acceptors (Lipinski definition) is 3. The standard InChI is InChI=1S/C4H4INOS/c5-7-1-4-2-8-3-6-4/h2-3H,1H2. The van der Waals surface area contributed by atoms with Crippen molar-refractivity contribution in [3.05, 3.63) is 16.6 Å². The summed E-state index contributed by atoms with van der Waals surface area (Å²) in [4.78, 5) is 3.99. The summed E-state index contributed by atoms with van der Waals surface area (Å²) in [5, 5.41) is 1.97. The largest absolute Gasteiger partial charge is 0.309 e. The Labute approximate surface area is 65.6 Å². The van der Waals surface area contributed by atoms with Gasteiger partial charge >= 0.3 is 0 Å². The molecule has 0 bridgehead atoms. The number of rotatable bonds is 2. The second-order valence-electron chi connectivity index (χ2n) is 1.23. The van der Waals surface area contributed by atoms with E-state index in [0.29, 0.717) is 6.61 Å². The van der Waals surface area contributed by atoms with Gasteiger partial charge in [-0.2, -0.15) is 0 Å². The van der Waals surface area contributed by atoms with E-state index < -0.39 is 0 Å². The van der Waals surface area contributed by atoms with Crippen molar-refractivity contribution in [1.82, 2.24) is 4.98 Å². The molecule has 0 aliphatic carbocycles. The van der Waals surface area contributed by atoms with E-state index in [4.69, 9.17) is 3.07 Å². The molecule has 0 unspecified atom stereocenters. The van der Waals surface area contributed by atoms with Gasteiger partial charge in [0.15, 0.2) is 0 Å². The Balaban J connectivity index is 2.50. The van der Waals surface area contributed by atoms with Gasteiger partial charge in [0.1, 0.15) is 29.6 Å². The molecule has 44 valence electrons. The van der Waals surface area contributed by atoms with Gasteiger partial charge in [0.25, 0.3) is 0 Å². The van der Waals surface area contributed by atoms with Crippen LogP contribution in [0, 0.1) is 0 Å². The molecule has 1 rings (SSSR count). The van der Waals surface area contributed by atoms with Crippen molar-refractivity contribution >= 4 is 34.3 Å². The predicted molar refractivity (Wildman–Crippen MR) is 40.9 cm³/mol. The molecule has 0 N–H and O–H groups in total. The molecule has 0 saturated heterocycles. The van der Waals surface area contributed by atoms with Crippen LogP contribution in [0.25, 0.3) is 0 Å². The van der Waals surface area contributed by atoms with Crippen LogP contribution in [0.1, 0.15) is 5.69 Å². The van der Waals surface area contributed by atoms with E-state index in [1.807, 2.05) is 28.4 Å². The fourth-order valence-electron chi connectivity index (χ4n) is 0.365. The van der Waals surface area contributed by atoms with E-state index in [0.717, 1.165) is 5.69 Å². The van der Waals surface area contributed by atoms with E-state index in [1.165, 1.54) is 0 Å². The van der Waals surface area contributed by atoms with Crippen molar-refractivity contribution in [2.45, 2.75) is 6.61 Å². The summed E-state index contributed by atoms with van der Waals surface area (Å²) in [5.41, 5.74) is 2.80. The second kappa shape index (κ2) is 3.37. The lowest BCUT2D eigenvalue weighted by Crippen LogP contribution is -1.79. The summed E-state index contributed by atoms with van der Waals surface area (Å²) in [6.45, 7) is 0.615. The molecule has 2 nitrogen and oxygen atoms in total. The monoisotopic (exact) mass is 241 g/mol. The van der Waals surface area contributed by atoms with Crippen molar-refractivity contribution in [3.63, 3.8) is 0 Å². The zero-order chi connectivity index (χ0) is 5.82. The van der Waals surface area contributed by atoms with Gasteiger partial charge in [-0.3, -0.25) is 0 Å². The van der Waals surface area contributed by atoms with E-state index >= 15 is 0 Å². The topological polar surface area (TPSA) is 22.1 Å². The Bertz CT molecular complexity index is 142. The second-order valence-corrected chi connectivity index (χ2v) is 2.57. The Kier molecular flexibility index (Phi) is 2.71. The maximum atomic E-state index is 4.80. The highest BCUT2D eigenvalue weighted by atomic mass is 127. The normalized spacial score (nSPS) is 9.62. The quantitative estimate of drug-likeness (QED) is 0.739. The Morgan fingerprint density at radius 2 is 2.75 bits per heavy atom. The van der Waals surface area contributed by atoms with Crippen LogP contribution in [0.15, 0.2) is 10.9 Å². The van der Waals surface area contributed by atoms with E-state index in [9.17, 15) is 0 Å². The lowest BCUT2D eigenvalue weighted by molar-refractivity contribution is 0.412. The van der Waals surface area contributed by atoms with Gasteiger partial charge in [-0.25, -0.2) is 4.98 Å². The van der Waals surface area contributed by atoms with Crippen molar-refractivity contribution in [1.29, 1.82) is 0 Å². The van der Waals surface area contributed by atoms with Crippen LogP contribution in [0.5, 0.6) is 0 Å². The zero-order valence-corrected chi connectivity index (χ0v) is 6.98. The van der Waals surface area contributed by atoms with E-state index in [1.54, 1.807) is 16.8 Å². The van der Waals surface area contributed by atoms with Crippen molar-refractivity contribution in [2.24, 2.45) is 0 Å². The summed E-state index contributed by atoms with van der Waals surface area (Å²) >= 11 is 3.44. The lowest BCUT2D eigenvalue weighted by atomic mass is 10.5. The summed E-state index contributed by atoms with van der Waals surface area (Å²) in [5.74, 6) is 0. The highest BCUT2D eigenvalue weighted by Gasteiger charge is 1.89. The molecule has 0 saturated carbocycles. The van der Waals surface area contributed by atoms with E-state index in [-0.39, 0.29) is 0 Å². The Morgan fingerprint density at radius 1 is 1.88 bits per heavy atom. The highest BCUT2D eigenvalue weighted by molar-refractivity contribution is 14.1. The first kappa shape index (κ1) is 6.44. The Morgan fingerprint density at radius 3 is 3.25 bits per heavy atom. The molecule has 0 spiro atoms. The number of nitrogens with zero attached hydrogens (tertiary/aromatic N) is 1. The first-order valence-corrected chi connectivity index (χ1v) is 3.86. The first-order valence-electron chi connectivity index (χ1n) is 2.04. The van der Waals surface area contributed by atoms with Gasteiger partial charge in [-0.15, -0.1) is 11.3 Å². The van der Waals surface area contributed by atoms with E-state index in [2.05, 4.69) is 4.98 Å². The average Bonchev–Trinajstić information content (AvgIpc) is 2.19. The third-order valence-electron chi connectivity index (χ3n) is 0.686. The minimum Gasteiger partial charge on any atom is -0.309 e. The average molecular weight is 241 g/mol. The molecule has 8 heavy (non-hydrogen) atoms. The van der Waals surface area contributed by atoms with Gasteiger partial charge in [-0.05, 0) is 0 Å². The van der Waals surface area contributed by atoms with Gasteiger partial charge in [0.2, 0.25) is 0 Å². The zero-order valence-electron chi connectivity index (χ0n) is 4.00. The van der Waals surface area contributed by atoms with Crippen molar-refractivity contribution < 1.29 is 3.07 Å². The molecule has 0 amide bonds. The molecule has 0 radical (unpaired) electrons. The fraction of sp³-hybridized carbons (Fsp3) is 0.250. The molecule has 1 heterocycles. The number of hydrogen-bond donors (Lipinski definition) is 0. The van der Waals surface area contributed by atoms with Crippen LogP contribution in [0.3, 0.4) is 0 Å². The van der Waals surface area contributed by atoms with Crippen molar-refractivity contribution in [3.8, 4) is 0 Å². The third kappa shape index (κ3) is 1.68. The molecule has 1 aromatic rings. The van der Waals surface area contributed by atoms with Crippen LogP contribution in [-0.2, 0) is 9.67 Å². The van der Waals surface area contributed by atoms with Crippen LogP contribution in [0.2, 0.25) is 0 Å². The van der Waals surface area contributed by atoms with Crippen LogP contribution < -0.4 is 0 Å². The van der Waals surface area contributed by atoms with Gasteiger partial charge in [0, 0.05) is 5.38 Å². The van der Waals surface area contributed by atoms with Gasteiger partial charge in [-0.1, -0.05) is 0 Å². The molecule has 0 aliphatic rings. The van der Waals surface area contributed by atoms with Crippen LogP contribution >= 0.6 is 34.3 Å². The minimum absolute atomic E-state index is 0.615. The number of thiazole rings is 1. The predicted octanol–water partition coefficient (Wildman–Crippen LogP) is 2.01. The smallest absolute Gasteiger partial charge is 0.110 e. The number of aromatic nitrogens is 1.